The molecule has 1 fully saturated rings. The number of nitrogens with two attached hydrogens (primary N) is 1. The van der Waals surface area contributed by atoms with Crippen LogP contribution >= 0.6 is 11.6 Å². The molecule has 1 aliphatic heterocycles. The molecule has 1 aromatic carbocycles. The highest BCUT2D eigenvalue weighted by Gasteiger charge is 2.44. The van der Waals surface area contributed by atoms with Crippen molar-refractivity contribution in [3.05, 3.63) is 33.3 Å². The van der Waals surface area contributed by atoms with Gasteiger partial charge < -0.3 is 15.2 Å². The Bertz CT molecular complexity index is 786. The number of nitrogens with zero attached hydrogens (tertiary/aromatic N) is 2. The third kappa shape index (κ3) is 6.44. The van der Waals surface area contributed by atoms with Gasteiger partial charge in [0, 0.05) is 19.1 Å². The Balaban J connectivity index is 2.18. The van der Waals surface area contributed by atoms with E-state index >= 15 is 0 Å². The van der Waals surface area contributed by atoms with Crippen LogP contribution < -0.4 is 15.9 Å². The highest BCUT2D eigenvalue weighted by molar-refractivity contribution is 6.32. The van der Waals surface area contributed by atoms with Crippen LogP contribution in [0.5, 0.6) is 5.75 Å². The van der Waals surface area contributed by atoms with Gasteiger partial charge in [0.25, 0.3) is 5.69 Å². The number of carbonyl (C=O) groups excluding carboxylic acids is 2. The van der Waals surface area contributed by atoms with Crippen molar-refractivity contribution in [3.8, 4) is 5.75 Å². The largest absolute Gasteiger partial charge is 0.491 e. The van der Waals surface area contributed by atoms with Gasteiger partial charge in [-0.1, -0.05) is 11.6 Å². The fraction of sp³-hybridized carbons (Fsp3) is 0.467. The van der Waals surface area contributed by atoms with Crippen molar-refractivity contribution in [1.82, 2.24) is 10.4 Å². The Labute approximate surface area is 166 Å². The van der Waals surface area contributed by atoms with E-state index in [2.05, 4.69) is 10.2 Å². The SMILES string of the molecule is NC1CCN(NC(=O)C(OC(=O)C(F)(F)F)Oc2ccc(Cl)c([N+](=O)[O-])c2)CC1. The van der Waals surface area contributed by atoms with Gasteiger partial charge in [-0.3, -0.25) is 20.3 Å². The van der Waals surface area contributed by atoms with Crippen LogP contribution in [0.2, 0.25) is 5.02 Å². The number of amides is 1. The Morgan fingerprint density at radius 3 is 2.52 bits per heavy atom. The van der Waals surface area contributed by atoms with E-state index in [9.17, 15) is 32.9 Å². The summed E-state index contributed by atoms with van der Waals surface area (Å²) in [7, 11) is 0. The standard InChI is InChI=1S/C15H16ClF3N4O6/c16-10-2-1-9(7-11(10)23(26)27)28-13(29-14(25)15(17,18)19)12(24)21-22-5-3-8(20)4-6-22/h1-2,7-8,13H,3-6,20H2,(H,21,24). The minimum atomic E-state index is -5.38. The van der Waals surface area contributed by atoms with Gasteiger partial charge in [-0.2, -0.15) is 13.2 Å². The number of hydrazine groups is 1. The number of piperidine rings is 1. The lowest BCUT2D eigenvalue weighted by atomic mass is 10.1. The van der Waals surface area contributed by atoms with Gasteiger partial charge in [-0.25, -0.2) is 9.80 Å². The highest BCUT2D eigenvalue weighted by atomic mass is 35.5. The van der Waals surface area contributed by atoms with Crippen molar-refractivity contribution < 1.29 is 37.2 Å². The summed E-state index contributed by atoms with van der Waals surface area (Å²) in [5.74, 6) is -4.28. The van der Waals surface area contributed by atoms with Gasteiger partial charge in [0.1, 0.15) is 10.8 Å². The summed E-state index contributed by atoms with van der Waals surface area (Å²) in [4.78, 5) is 33.6. The number of halogens is 4. The number of benzene rings is 1. The summed E-state index contributed by atoms with van der Waals surface area (Å²) in [6, 6.07) is 2.82. The first kappa shape index (κ1) is 22.6. The lowest BCUT2D eigenvalue weighted by Gasteiger charge is -2.31. The Morgan fingerprint density at radius 2 is 1.97 bits per heavy atom. The number of hydrogen-bond donors (Lipinski definition) is 2. The van der Waals surface area contributed by atoms with Crippen LogP contribution in [0.1, 0.15) is 12.8 Å². The van der Waals surface area contributed by atoms with Crippen LogP contribution in [0, 0.1) is 10.1 Å². The predicted molar refractivity (Wildman–Crippen MR) is 91.6 cm³/mol. The molecule has 1 atom stereocenters. The second-order valence-corrected chi connectivity index (χ2v) is 6.43. The molecule has 0 aliphatic carbocycles. The molecule has 1 aromatic rings. The summed E-state index contributed by atoms with van der Waals surface area (Å²) >= 11 is 5.65. The molecule has 14 heteroatoms. The molecule has 1 saturated heterocycles. The normalized spacial score (nSPS) is 16.7. The lowest BCUT2D eigenvalue weighted by molar-refractivity contribution is -0.384. The minimum Gasteiger partial charge on any atom is -0.446 e. The molecule has 3 N–H and O–H groups in total. The fourth-order valence-electron chi connectivity index (χ4n) is 2.34. The monoisotopic (exact) mass is 440 g/mol. The van der Waals surface area contributed by atoms with E-state index < -0.39 is 40.7 Å². The zero-order valence-corrected chi connectivity index (χ0v) is 15.4. The van der Waals surface area contributed by atoms with Crippen LogP contribution in [0.25, 0.3) is 0 Å². The molecule has 0 radical (unpaired) electrons. The number of carbonyl (C=O) groups is 2. The van der Waals surface area contributed by atoms with Crippen LogP contribution in [-0.4, -0.2) is 53.4 Å². The number of nitro groups is 1. The van der Waals surface area contributed by atoms with E-state index in [0.717, 1.165) is 18.2 Å². The minimum absolute atomic E-state index is 0.0760. The second kappa shape index (κ2) is 9.24. The topological polar surface area (TPSA) is 137 Å². The first-order valence-corrected chi connectivity index (χ1v) is 8.54. The zero-order valence-electron chi connectivity index (χ0n) is 14.6. The van der Waals surface area contributed by atoms with Crippen molar-refractivity contribution in [2.45, 2.75) is 31.3 Å². The molecule has 1 amide bonds. The molecule has 160 valence electrons. The van der Waals surface area contributed by atoms with E-state index in [1.807, 2.05) is 0 Å². The van der Waals surface area contributed by atoms with Gasteiger partial charge in [0.15, 0.2) is 0 Å². The van der Waals surface area contributed by atoms with Crippen molar-refractivity contribution in [2.75, 3.05) is 13.1 Å². The third-order valence-electron chi connectivity index (χ3n) is 3.82. The molecule has 2 rings (SSSR count). The number of hydrogen-bond acceptors (Lipinski definition) is 8. The summed E-state index contributed by atoms with van der Waals surface area (Å²) < 4.78 is 46.7. The van der Waals surface area contributed by atoms with Crippen LogP contribution in [0.4, 0.5) is 18.9 Å². The van der Waals surface area contributed by atoms with Crippen LogP contribution in [0.15, 0.2) is 18.2 Å². The van der Waals surface area contributed by atoms with Gasteiger partial charge in [0.2, 0.25) is 0 Å². The molecule has 0 bridgehead atoms. The maximum absolute atomic E-state index is 12.5. The first-order valence-electron chi connectivity index (χ1n) is 8.17. The Kier molecular flexibility index (Phi) is 7.21. The summed E-state index contributed by atoms with van der Waals surface area (Å²) in [6.45, 7) is 0.637. The summed E-state index contributed by atoms with van der Waals surface area (Å²) in [5.41, 5.74) is 7.39. The molecule has 10 nitrogen and oxygen atoms in total. The van der Waals surface area contributed by atoms with Crippen molar-refractivity contribution in [3.63, 3.8) is 0 Å². The van der Waals surface area contributed by atoms with E-state index in [1.54, 1.807) is 0 Å². The first-order chi connectivity index (χ1) is 13.5. The van der Waals surface area contributed by atoms with Crippen molar-refractivity contribution in [1.29, 1.82) is 0 Å². The third-order valence-corrected chi connectivity index (χ3v) is 4.14. The van der Waals surface area contributed by atoms with Gasteiger partial charge >= 0.3 is 24.3 Å². The average molecular weight is 441 g/mol. The van der Waals surface area contributed by atoms with Crippen LogP contribution in [-0.2, 0) is 14.3 Å². The number of esters is 1. The number of nitro benzene ring substituents is 1. The number of rotatable bonds is 6. The summed E-state index contributed by atoms with van der Waals surface area (Å²) in [6.07, 6.45) is -6.69. The number of alkyl halides is 3. The lowest BCUT2D eigenvalue weighted by Crippen LogP contribution is -2.54. The molecule has 0 spiro atoms. The molecule has 29 heavy (non-hydrogen) atoms. The summed E-state index contributed by atoms with van der Waals surface area (Å²) in [5, 5.41) is 12.0. The van der Waals surface area contributed by atoms with E-state index in [0.29, 0.717) is 25.9 Å². The Hall–Kier alpha value is -2.64. The van der Waals surface area contributed by atoms with Gasteiger partial charge in [0.05, 0.1) is 11.0 Å². The zero-order chi connectivity index (χ0) is 21.8. The molecule has 1 heterocycles. The van der Waals surface area contributed by atoms with Crippen molar-refractivity contribution in [2.24, 2.45) is 5.73 Å². The predicted octanol–water partition coefficient (Wildman–Crippen LogP) is 1.51. The molecular formula is C15H16ClF3N4O6. The number of nitrogens with one attached hydrogen (secondary N) is 1. The fourth-order valence-corrected chi connectivity index (χ4v) is 2.53. The van der Waals surface area contributed by atoms with Gasteiger partial charge in [-0.15, -0.1) is 0 Å². The highest BCUT2D eigenvalue weighted by Crippen LogP contribution is 2.29. The van der Waals surface area contributed by atoms with Gasteiger partial charge in [-0.05, 0) is 25.0 Å². The maximum atomic E-state index is 12.5. The average Bonchev–Trinajstić information content (AvgIpc) is 2.63. The van der Waals surface area contributed by atoms with E-state index in [1.165, 1.54) is 5.01 Å². The van der Waals surface area contributed by atoms with E-state index in [4.69, 9.17) is 22.1 Å². The molecular weight excluding hydrogens is 425 g/mol. The molecule has 1 unspecified atom stereocenters. The second-order valence-electron chi connectivity index (χ2n) is 6.02. The number of ether oxygens (including phenoxy) is 2. The molecule has 0 saturated carbocycles. The Morgan fingerprint density at radius 1 is 1.34 bits per heavy atom. The smallest absolute Gasteiger partial charge is 0.446 e. The van der Waals surface area contributed by atoms with Crippen molar-refractivity contribution >= 4 is 29.2 Å². The maximum Gasteiger partial charge on any atom is 0.491 e. The van der Waals surface area contributed by atoms with Crippen LogP contribution in [0.3, 0.4) is 0 Å². The molecule has 1 aliphatic rings. The quantitative estimate of drug-likeness (QED) is 0.294. The van der Waals surface area contributed by atoms with E-state index in [-0.39, 0.29) is 11.1 Å². The molecule has 0 aromatic heterocycles.